The molecule has 8 heteroatoms. The summed E-state index contributed by atoms with van der Waals surface area (Å²) >= 11 is 0. The van der Waals surface area contributed by atoms with Gasteiger partial charge in [-0.1, -0.05) is 13.8 Å². The molecule has 6 nitrogen and oxygen atoms in total. The van der Waals surface area contributed by atoms with E-state index in [0.717, 1.165) is 32.7 Å². The number of halogens is 1. The van der Waals surface area contributed by atoms with E-state index in [-0.39, 0.29) is 42.2 Å². The van der Waals surface area contributed by atoms with Crippen molar-refractivity contribution in [2.45, 2.75) is 20.3 Å². The Morgan fingerprint density at radius 1 is 1.29 bits per heavy atom. The van der Waals surface area contributed by atoms with Gasteiger partial charge in [-0.2, -0.15) is 0 Å². The molecule has 0 aromatic carbocycles. The molecule has 126 valence electrons. The predicted octanol–water partition coefficient (Wildman–Crippen LogP) is -0.109. The lowest BCUT2D eigenvalue weighted by Gasteiger charge is -2.27. The first-order chi connectivity index (χ1) is 9.39. The van der Waals surface area contributed by atoms with Crippen molar-refractivity contribution in [3.8, 4) is 0 Å². The molecule has 0 aromatic rings. The van der Waals surface area contributed by atoms with Crippen molar-refractivity contribution >= 4 is 28.2 Å². The number of amides is 1. The Bertz CT molecular complexity index is 395. The van der Waals surface area contributed by atoms with Crippen LogP contribution < -0.4 is 10.6 Å². The monoisotopic (exact) mass is 341 g/mol. The number of sulfone groups is 1. The van der Waals surface area contributed by atoms with Crippen LogP contribution in [0.25, 0.3) is 0 Å². The van der Waals surface area contributed by atoms with Gasteiger partial charge in [0.1, 0.15) is 0 Å². The van der Waals surface area contributed by atoms with E-state index in [4.69, 9.17) is 0 Å². The van der Waals surface area contributed by atoms with Gasteiger partial charge in [0, 0.05) is 45.7 Å². The number of piperazine rings is 1. The highest BCUT2D eigenvalue weighted by atomic mass is 35.5. The maximum atomic E-state index is 11.7. The van der Waals surface area contributed by atoms with E-state index in [9.17, 15) is 13.2 Å². The Morgan fingerprint density at radius 3 is 2.48 bits per heavy atom. The van der Waals surface area contributed by atoms with Crippen LogP contribution >= 0.6 is 12.4 Å². The number of carbonyl (C=O) groups excluding carboxylic acids is 1. The van der Waals surface area contributed by atoms with Crippen LogP contribution in [0.5, 0.6) is 0 Å². The standard InChI is InChI=1S/C13H27N3O3S.ClH/c1-12(2)11-20(18,19)10-3-13(17)15-6-9-16-7-4-14-5-8-16;/h12,14H,3-11H2,1-2H3,(H,15,17);1H. The van der Waals surface area contributed by atoms with Crippen molar-refractivity contribution in [2.24, 2.45) is 5.92 Å². The summed E-state index contributed by atoms with van der Waals surface area (Å²) in [6, 6.07) is 0. The van der Waals surface area contributed by atoms with Crippen molar-refractivity contribution in [1.82, 2.24) is 15.5 Å². The SMILES string of the molecule is CC(C)CS(=O)(=O)CCC(=O)NCCN1CCNCC1.Cl. The summed E-state index contributed by atoms with van der Waals surface area (Å²) in [5, 5.41) is 6.06. The fourth-order valence-electron chi connectivity index (χ4n) is 2.22. The number of nitrogens with one attached hydrogen (secondary N) is 2. The first-order valence-electron chi connectivity index (χ1n) is 7.29. The Balaban J connectivity index is 0.00000400. The van der Waals surface area contributed by atoms with Crippen LogP contribution in [0.1, 0.15) is 20.3 Å². The lowest BCUT2D eigenvalue weighted by molar-refractivity contribution is -0.120. The minimum atomic E-state index is -3.10. The Kier molecular flexibility index (Phi) is 10.2. The molecule has 2 N–H and O–H groups in total. The number of hydrogen-bond donors (Lipinski definition) is 2. The van der Waals surface area contributed by atoms with E-state index in [1.54, 1.807) is 0 Å². The van der Waals surface area contributed by atoms with E-state index in [1.807, 2.05) is 13.8 Å². The molecule has 1 saturated heterocycles. The van der Waals surface area contributed by atoms with Crippen molar-refractivity contribution in [3.63, 3.8) is 0 Å². The molecule has 21 heavy (non-hydrogen) atoms. The maximum Gasteiger partial charge on any atom is 0.221 e. The predicted molar refractivity (Wildman–Crippen MR) is 87.7 cm³/mol. The molecule has 0 radical (unpaired) electrons. The van der Waals surface area contributed by atoms with Crippen LogP contribution in [0, 0.1) is 5.92 Å². The minimum absolute atomic E-state index is 0. The van der Waals surface area contributed by atoms with Gasteiger partial charge in [0.25, 0.3) is 0 Å². The molecule has 1 aliphatic rings. The second-order valence-corrected chi connectivity index (χ2v) is 7.93. The molecule has 0 saturated carbocycles. The van der Waals surface area contributed by atoms with Crippen molar-refractivity contribution in [3.05, 3.63) is 0 Å². The lowest BCUT2D eigenvalue weighted by atomic mass is 10.3. The molecule has 0 bridgehead atoms. The van der Waals surface area contributed by atoms with Gasteiger partial charge in [0.05, 0.1) is 11.5 Å². The average Bonchev–Trinajstić information content (AvgIpc) is 2.36. The van der Waals surface area contributed by atoms with Crippen LogP contribution in [0.2, 0.25) is 0 Å². The molecule has 1 aliphatic heterocycles. The first-order valence-corrected chi connectivity index (χ1v) is 9.11. The van der Waals surface area contributed by atoms with Gasteiger partial charge in [-0.15, -0.1) is 12.4 Å². The molecule has 0 aliphatic carbocycles. The third-order valence-electron chi connectivity index (χ3n) is 3.19. The topological polar surface area (TPSA) is 78.5 Å². The van der Waals surface area contributed by atoms with E-state index in [2.05, 4.69) is 15.5 Å². The van der Waals surface area contributed by atoms with Crippen LogP contribution in [0.4, 0.5) is 0 Å². The molecular formula is C13H28ClN3O3S. The highest BCUT2D eigenvalue weighted by molar-refractivity contribution is 7.91. The third-order valence-corrected chi connectivity index (χ3v) is 5.19. The smallest absolute Gasteiger partial charge is 0.221 e. The van der Waals surface area contributed by atoms with Gasteiger partial charge in [0.2, 0.25) is 5.91 Å². The third kappa shape index (κ3) is 10.1. The van der Waals surface area contributed by atoms with Gasteiger partial charge in [-0.3, -0.25) is 9.69 Å². The summed E-state index contributed by atoms with van der Waals surface area (Å²) in [6.45, 7) is 9.12. The van der Waals surface area contributed by atoms with Crippen molar-refractivity contribution < 1.29 is 13.2 Å². The summed E-state index contributed by atoms with van der Waals surface area (Å²) in [6.07, 6.45) is 0.0661. The Labute approximate surface area is 134 Å². The highest BCUT2D eigenvalue weighted by Crippen LogP contribution is 2.02. The van der Waals surface area contributed by atoms with Gasteiger partial charge < -0.3 is 10.6 Å². The first kappa shape index (κ1) is 20.6. The second kappa shape index (κ2) is 10.4. The number of hydrogen-bond acceptors (Lipinski definition) is 5. The molecule has 0 aromatic heterocycles. The van der Waals surface area contributed by atoms with Crippen LogP contribution in [-0.2, 0) is 14.6 Å². The van der Waals surface area contributed by atoms with Gasteiger partial charge in [-0.05, 0) is 5.92 Å². The van der Waals surface area contributed by atoms with Crippen molar-refractivity contribution in [2.75, 3.05) is 50.8 Å². The van der Waals surface area contributed by atoms with E-state index >= 15 is 0 Å². The summed E-state index contributed by atoms with van der Waals surface area (Å²) < 4.78 is 23.3. The van der Waals surface area contributed by atoms with Crippen LogP contribution in [0.15, 0.2) is 0 Å². The zero-order valence-corrected chi connectivity index (χ0v) is 14.6. The van der Waals surface area contributed by atoms with Crippen LogP contribution in [-0.4, -0.2) is 70.0 Å². The number of rotatable bonds is 8. The number of nitrogens with zero attached hydrogens (tertiary/aromatic N) is 1. The fraction of sp³-hybridized carbons (Fsp3) is 0.923. The molecule has 1 amide bonds. The largest absolute Gasteiger partial charge is 0.355 e. The number of carbonyl (C=O) groups is 1. The molecule has 0 atom stereocenters. The minimum Gasteiger partial charge on any atom is -0.355 e. The van der Waals surface area contributed by atoms with Gasteiger partial charge in [0.15, 0.2) is 9.84 Å². The van der Waals surface area contributed by atoms with E-state index in [0.29, 0.717) is 6.54 Å². The fourth-order valence-corrected chi connectivity index (χ4v) is 3.89. The quantitative estimate of drug-likeness (QED) is 0.644. The maximum absolute atomic E-state index is 11.7. The molecule has 1 fully saturated rings. The summed E-state index contributed by atoms with van der Waals surface area (Å²) in [7, 11) is -3.10. The molecule has 1 rings (SSSR count). The zero-order valence-electron chi connectivity index (χ0n) is 12.9. The van der Waals surface area contributed by atoms with E-state index < -0.39 is 9.84 Å². The van der Waals surface area contributed by atoms with Crippen molar-refractivity contribution in [1.29, 1.82) is 0 Å². The highest BCUT2D eigenvalue weighted by Gasteiger charge is 2.15. The Hall–Kier alpha value is -0.370. The Morgan fingerprint density at radius 2 is 1.90 bits per heavy atom. The summed E-state index contributed by atoms with van der Waals surface area (Å²) in [4.78, 5) is 13.9. The molecule has 0 spiro atoms. The average molecular weight is 342 g/mol. The van der Waals surface area contributed by atoms with E-state index in [1.165, 1.54) is 0 Å². The van der Waals surface area contributed by atoms with Gasteiger partial charge >= 0.3 is 0 Å². The summed E-state index contributed by atoms with van der Waals surface area (Å²) in [5.41, 5.74) is 0. The molecule has 1 heterocycles. The second-order valence-electron chi connectivity index (χ2n) is 5.70. The summed E-state index contributed by atoms with van der Waals surface area (Å²) in [5.74, 6) is 0.0364. The molecular weight excluding hydrogens is 314 g/mol. The zero-order chi connectivity index (χ0) is 15.0. The normalized spacial score (nSPS) is 16.5. The molecule has 0 unspecified atom stereocenters. The lowest BCUT2D eigenvalue weighted by Crippen LogP contribution is -2.46. The van der Waals surface area contributed by atoms with Gasteiger partial charge in [-0.25, -0.2) is 8.42 Å². The van der Waals surface area contributed by atoms with Crippen LogP contribution in [0.3, 0.4) is 0 Å².